The van der Waals surface area contributed by atoms with Gasteiger partial charge in [0.05, 0.1) is 0 Å². The zero-order chi connectivity index (χ0) is 17.0. The highest BCUT2D eigenvalue weighted by Gasteiger charge is 2.45. The molecule has 0 aromatic heterocycles. The van der Waals surface area contributed by atoms with E-state index in [1.807, 2.05) is 6.07 Å². The maximum absolute atomic E-state index is 5.74. The molecular formula is C14H18ClI4NOS. The number of halogens is 5. The summed E-state index contributed by atoms with van der Waals surface area (Å²) in [4.78, 5) is 0. The second-order valence-electron chi connectivity index (χ2n) is 5.44. The lowest BCUT2D eigenvalue weighted by Crippen LogP contribution is -2.42. The fourth-order valence-electron chi connectivity index (χ4n) is 2.06. The topological polar surface area (TPSA) is 21.3 Å². The zero-order valence-electron chi connectivity index (χ0n) is 12.4. The molecule has 0 heterocycles. The lowest BCUT2D eigenvalue weighted by Gasteiger charge is -2.42. The van der Waals surface area contributed by atoms with E-state index in [0.717, 1.165) is 39.1 Å². The minimum absolute atomic E-state index is 0.00568. The van der Waals surface area contributed by atoms with E-state index in [9.17, 15) is 0 Å². The zero-order valence-corrected chi connectivity index (χ0v) is 22.6. The average molecular weight is 791 g/mol. The minimum atomic E-state index is 0.00568. The number of hydrogen-bond acceptors (Lipinski definition) is 3. The second kappa shape index (κ2) is 10.0. The van der Waals surface area contributed by atoms with E-state index in [2.05, 4.69) is 129 Å². The molecule has 22 heavy (non-hydrogen) atoms. The lowest BCUT2D eigenvalue weighted by molar-refractivity contribution is 0.271. The number of rotatable bonds is 8. The van der Waals surface area contributed by atoms with Crippen LogP contribution in [0.1, 0.15) is 38.8 Å². The summed E-state index contributed by atoms with van der Waals surface area (Å²) in [6, 6.07) is 6.48. The van der Waals surface area contributed by atoms with Gasteiger partial charge in [-0.3, -0.25) is 0 Å². The van der Waals surface area contributed by atoms with Gasteiger partial charge in [0.2, 0.25) is 0 Å². The van der Waals surface area contributed by atoms with Gasteiger partial charge in [-0.2, -0.15) is 0 Å². The summed E-state index contributed by atoms with van der Waals surface area (Å²) < 4.78 is 6.81. The number of nitrogens with one attached hydrogen (secondary N) is 1. The molecule has 0 amide bonds. The maximum atomic E-state index is 5.74. The molecule has 0 saturated heterocycles. The molecule has 126 valence electrons. The fourth-order valence-corrected chi connectivity index (χ4v) is 3.87. The van der Waals surface area contributed by atoms with Gasteiger partial charge < -0.3 is 9.50 Å². The van der Waals surface area contributed by atoms with Gasteiger partial charge in [-0.05, 0) is 47.7 Å². The summed E-state index contributed by atoms with van der Waals surface area (Å²) in [6.07, 6.45) is 1.09. The molecule has 1 aromatic carbocycles. The van der Waals surface area contributed by atoms with Crippen LogP contribution in [-0.2, 0) is 0 Å². The molecule has 1 unspecified atom stereocenters. The number of alkyl halides is 3. The Morgan fingerprint density at radius 1 is 1.32 bits per heavy atom. The fraction of sp³-hybridized carbons (Fsp3) is 0.571. The Hall–Kier alpha value is 2.54. The van der Waals surface area contributed by atoms with Gasteiger partial charge in [0.1, 0.15) is 5.18 Å². The van der Waals surface area contributed by atoms with Crippen LogP contribution in [0.25, 0.3) is 0 Å². The summed E-state index contributed by atoms with van der Waals surface area (Å²) >= 11 is 10.7. The van der Waals surface area contributed by atoms with Crippen molar-refractivity contribution in [3.8, 4) is 5.75 Å². The second-order valence-corrected chi connectivity index (χ2v) is 18.4. The first-order chi connectivity index (χ1) is 10.1. The van der Waals surface area contributed by atoms with Crippen molar-refractivity contribution in [3.05, 3.63) is 27.3 Å². The van der Waals surface area contributed by atoms with Crippen molar-refractivity contribution < 1.29 is 4.18 Å². The third-order valence-corrected chi connectivity index (χ3v) is 8.73. The van der Waals surface area contributed by atoms with E-state index >= 15 is 0 Å². The summed E-state index contributed by atoms with van der Waals surface area (Å²) in [6.45, 7) is 7.73. The van der Waals surface area contributed by atoms with E-state index in [0.29, 0.717) is 0 Å². The largest absolute Gasteiger partial charge is 0.409 e. The van der Waals surface area contributed by atoms with Gasteiger partial charge in [0.25, 0.3) is 0 Å². The Balaban J connectivity index is 3.34. The SMILES string of the molecule is CCCNC(c1ccc(I)cc1OSCl)C(C)(C)C(I)(I)I. The highest BCUT2D eigenvalue weighted by atomic mass is 127. The molecule has 0 radical (unpaired) electrons. The Morgan fingerprint density at radius 3 is 2.45 bits per heavy atom. The van der Waals surface area contributed by atoms with Crippen LogP contribution < -0.4 is 9.50 Å². The molecule has 0 saturated carbocycles. The van der Waals surface area contributed by atoms with Crippen molar-refractivity contribution in [1.29, 1.82) is 0 Å². The maximum Gasteiger partial charge on any atom is 0.166 e. The normalized spacial score (nSPS) is 14.0. The first kappa shape index (κ1) is 22.6. The molecule has 0 spiro atoms. The number of hydrogen-bond donors (Lipinski definition) is 1. The third-order valence-electron chi connectivity index (χ3n) is 3.46. The Labute approximate surface area is 196 Å². The molecule has 0 fully saturated rings. The average Bonchev–Trinajstić information content (AvgIpc) is 2.40. The Morgan fingerprint density at radius 2 is 1.95 bits per heavy atom. The molecule has 8 heteroatoms. The first-order valence-electron chi connectivity index (χ1n) is 6.70. The molecule has 0 aliphatic heterocycles. The Bertz CT molecular complexity index is 496. The predicted octanol–water partition coefficient (Wildman–Crippen LogP) is 7.50. The summed E-state index contributed by atoms with van der Waals surface area (Å²) in [5, 5.41) is 3.70. The van der Waals surface area contributed by atoms with Crippen molar-refractivity contribution in [3.63, 3.8) is 0 Å². The molecule has 1 atom stereocenters. The first-order valence-corrected chi connectivity index (χ1v) is 12.6. The van der Waals surface area contributed by atoms with Gasteiger partial charge in [0.15, 0.2) is 11.3 Å². The number of benzene rings is 1. The Kier molecular flexibility index (Phi) is 10.3. The quantitative estimate of drug-likeness (QED) is 0.168. The van der Waals surface area contributed by atoms with Crippen LogP contribution in [-0.4, -0.2) is 5.98 Å². The van der Waals surface area contributed by atoms with Gasteiger partial charge in [-0.15, -0.1) is 0 Å². The van der Waals surface area contributed by atoms with E-state index in [1.165, 1.54) is 0 Å². The van der Waals surface area contributed by atoms with Crippen LogP contribution in [0.2, 0.25) is 0 Å². The van der Waals surface area contributed by atoms with Crippen LogP contribution in [0.4, 0.5) is 0 Å². The van der Waals surface area contributed by atoms with E-state index in [-0.39, 0.29) is 10.9 Å². The summed E-state index contributed by atoms with van der Waals surface area (Å²) in [5.41, 5.74) is 1.16. The highest BCUT2D eigenvalue weighted by molar-refractivity contribution is 14.3. The van der Waals surface area contributed by atoms with E-state index in [1.54, 1.807) is 0 Å². The lowest BCUT2D eigenvalue weighted by atomic mass is 9.81. The van der Waals surface area contributed by atoms with Crippen molar-refractivity contribution in [1.82, 2.24) is 5.32 Å². The molecule has 1 aromatic rings. The van der Waals surface area contributed by atoms with Gasteiger partial charge in [-0.1, -0.05) is 94.6 Å². The van der Waals surface area contributed by atoms with Crippen LogP contribution >= 0.6 is 112 Å². The molecule has 0 aliphatic carbocycles. The molecular weight excluding hydrogens is 773 g/mol. The molecule has 0 aliphatic rings. The molecule has 1 N–H and O–H groups in total. The standard InChI is InChI=1S/C14H18ClI4NOS/c1-4-7-20-12(13(2,3)14(17,18)19)10-6-5-9(16)8-11(10)21-22-15/h5-6,8,12,20H,4,7H2,1-3H3. The minimum Gasteiger partial charge on any atom is -0.409 e. The van der Waals surface area contributed by atoms with Gasteiger partial charge in [0, 0.05) is 31.3 Å². The van der Waals surface area contributed by atoms with Crippen molar-refractivity contribution >= 4 is 112 Å². The summed E-state index contributed by atoms with van der Waals surface area (Å²) in [7, 11) is 5.74. The predicted molar refractivity (Wildman–Crippen MR) is 133 cm³/mol. The van der Waals surface area contributed by atoms with Crippen LogP contribution in [0.5, 0.6) is 5.75 Å². The molecule has 1 rings (SSSR count). The van der Waals surface area contributed by atoms with Gasteiger partial charge >= 0.3 is 0 Å². The highest BCUT2D eigenvalue weighted by Crippen LogP contribution is 2.57. The monoisotopic (exact) mass is 791 g/mol. The van der Waals surface area contributed by atoms with Crippen molar-refractivity contribution in [2.75, 3.05) is 6.54 Å². The van der Waals surface area contributed by atoms with E-state index in [4.69, 9.17) is 14.9 Å². The van der Waals surface area contributed by atoms with Crippen LogP contribution in [0.3, 0.4) is 0 Å². The van der Waals surface area contributed by atoms with Crippen molar-refractivity contribution in [2.45, 2.75) is 32.7 Å². The van der Waals surface area contributed by atoms with Gasteiger partial charge in [-0.25, -0.2) is 0 Å². The smallest absolute Gasteiger partial charge is 0.166 e. The van der Waals surface area contributed by atoms with Crippen LogP contribution in [0, 0.1) is 8.99 Å². The van der Waals surface area contributed by atoms with E-state index < -0.39 is 0 Å². The third kappa shape index (κ3) is 6.06. The van der Waals surface area contributed by atoms with Crippen LogP contribution in [0.15, 0.2) is 18.2 Å². The molecule has 2 nitrogen and oxygen atoms in total. The van der Waals surface area contributed by atoms with Crippen molar-refractivity contribution in [2.24, 2.45) is 5.41 Å². The summed E-state index contributed by atoms with van der Waals surface area (Å²) in [5.74, 6) is 0.835. The molecule has 0 bridgehead atoms.